The SMILES string of the molecule is CCn1ncc(CN(C)C(=O)c2ccn(COc3ccc(Cl)cc3Cl)n2)c1C. The fourth-order valence-corrected chi connectivity index (χ4v) is 3.22. The lowest BCUT2D eigenvalue weighted by atomic mass is 10.2. The van der Waals surface area contributed by atoms with E-state index in [0.29, 0.717) is 28.0 Å². The number of hydrogen-bond donors (Lipinski definition) is 0. The fourth-order valence-electron chi connectivity index (χ4n) is 2.76. The Hall–Kier alpha value is -2.51. The maximum absolute atomic E-state index is 12.7. The normalized spacial score (nSPS) is 10.9. The van der Waals surface area contributed by atoms with Gasteiger partial charge < -0.3 is 9.64 Å². The second-order valence-corrected chi connectivity index (χ2v) is 7.16. The van der Waals surface area contributed by atoms with Gasteiger partial charge in [0.25, 0.3) is 5.91 Å². The molecule has 1 aromatic carbocycles. The molecule has 0 unspecified atom stereocenters. The van der Waals surface area contributed by atoms with Crippen molar-refractivity contribution in [1.29, 1.82) is 0 Å². The van der Waals surface area contributed by atoms with Crippen molar-refractivity contribution in [2.75, 3.05) is 7.05 Å². The molecule has 0 aliphatic heterocycles. The molecular formula is C19H21Cl2N5O2. The van der Waals surface area contributed by atoms with Crippen LogP contribution in [0.3, 0.4) is 0 Å². The molecular weight excluding hydrogens is 401 g/mol. The number of amides is 1. The van der Waals surface area contributed by atoms with E-state index >= 15 is 0 Å². The summed E-state index contributed by atoms with van der Waals surface area (Å²) in [6.07, 6.45) is 3.48. The van der Waals surface area contributed by atoms with Gasteiger partial charge in [-0.3, -0.25) is 9.48 Å². The van der Waals surface area contributed by atoms with Crippen molar-refractivity contribution < 1.29 is 9.53 Å². The van der Waals surface area contributed by atoms with Crippen LogP contribution in [-0.2, 0) is 19.8 Å². The Morgan fingerprint density at radius 3 is 2.75 bits per heavy atom. The molecule has 0 radical (unpaired) electrons. The van der Waals surface area contributed by atoms with Crippen LogP contribution < -0.4 is 4.74 Å². The van der Waals surface area contributed by atoms with Crippen LogP contribution in [-0.4, -0.2) is 37.4 Å². The lowest BCUT2D eigenvalue weighted by molar-refractivity contribution is 0.0777. The molecule has 28 heavy (non-hydrogen) atoms. The van der Waals surface area contributed by atoms with Crippen LogP contribution in [0.2, 0.25) is 10.0 Å². The van der Waals surface area contributed by atoms with Crippen molar-refractivity contribution >= 4 is 29.1 Å². The quantitative estimate of drug-likeness (QED) is 0.577. The molecule has 2 aromatic heterocycles. The molecule has 7 nitrogen and oxygen atoms in total. The van der Waals surface area contributed by atoms with Crippen molar-refractivity contribution in [3.8, 4) is 5.75 Å². The predicted molar refractivity (Wildman–Crippen MR) is 108 cm³/mol. The maximum Gasteiger partial charge on any atom is 0.274 e. The molecule has 2 heterocycles. The number of carbonyl (C=O) groups excluding carboxylic acids is 1. The summed E-state index contributed by atoms with van der Waals surface area (Å²) in [4.78, 5) is 14.3. The highest BCUT2D eigenvalue weighted by molar-refractivity contribution is 6.35. The topological polar surface area (TPSA) is 65.2 Å². The highest BCUT2D eigenvalue weighted by atomic mass is 35.5. The smallest absolute Gasteiger partial charge is 0.274 e. The fraction of sp³-hybridized carbons (Fsp3) is 0.316. The summed E-state index contributed by atoms with van der Waals surface area (Å²) in [5.41, 5.74) is 2.41. The summed E-state index contributed by atoms with van der Waals surface area (Å²) in [7, 11) is 1.74. The summed E-state index contributed by atoms with van der Waals surface area (Å²) in [6, 6.07) is 6.65. The standard InChI is InChI=1S/C19H21Cl2N5O2/c1-4-26-13(2)14(10-22-26)11-24(3)19(27)17-7-8-25(23-17)12-28-18-6-5-15(20)9-16(18)21/h5-10H,4,11-12H2,1-3H3. The average molecular weight is 422 g/mol. The van der Waals surface area contributed by atoms with Gasteiger partial charge in [-0.1, -0.05) is 23.2 Å². The molecule has 0 atom stereocenters. The number of aromatic nitrogens is 4. The van der Waals surface area contributed by atoms with Gasteiger partial charge in [0.15, 0.2) is 12.4 Å². The maximum atomic E-state index is 12.7. The Morgan fingerprint density at radius 2 is 2.07 bits per heavy atom. The number of nitrogens with zero attached hydrogens (tertiary/aromatic N) is 5. The van der Waals surface area contributed by atoms with Crippen molar-refractivity contribution in [2.45, 2.75) is 33.7 Å². The molecule has 0 saturated carbocycles. The van der Waals surface area contributed by atoms with Crippen molar-refractivity contribution in [2.24, 2.45) is 0 Å². The van der Waals surface area contributed by atoms with E-state index in [1.54, 1.807) is 48.6 Å². The minimum Gasteiger partial charge on any atom is -0.470 e. The third kappa shape index (κ3) is 4.48. The lowest BCUT2D eigenvalue weighted by Gasteiger charge is -2.15. The number of carbonyl (C=O) groups is 1. The number of aryl methyl sites for hydroxylation is 1. The van der Waals surface area contributed by atoms with Gasteiger partial charge in [-0.05, 0) is 38.1 Å². The molecule has 148 valence electrons. The zero-order valence-electron chi connectivity index (χ0n) is 15.9. The third-order valence-electron chi connectivity index (χ3n) is 4.36. The molecule has 1 amide bonds. The van der Waals surface area contributed by atoms with E-state index in [1.807, 2.05) is 18.5 Å². The Bertz CT molecular complexity index is 983. The summed E-state index contributed by atoms with van der Waals surface area (Å²) in [5, 5.41) is 9.55. The Labute approximate surface area is 173 Å². The van der Waals surface area contributed by atoms with E-state index in [4.69, 9.17) is 27.9 Å². The molecule has 3 aromatic rings. The van der Waals surface area contributed by atoms with Crippen LogP contribution in [0.5, 0.6) is 5.75 Å². The molecule has 0 saturated heterocycles. The van der Waals surface area contributed by atoms with Crippen LogP contribution >= 0.6 is 23.2 Å². The zero-order valence-corrected chi connectivity index (χ0v) is 17.4. The highest BCUT2D eigenvalue weighted by Crippen LogP contribution is 2.27. The average Bonchev–Trinajstić information content (AvgIpc) is 3.27. The number of ether oxygens (including phenoxy) is 1. The molecule has 0 aliphatic carbocycles. The van der Waals surface area contributed by atoms with Crippen LogP contribution in [0.1, 0.15) is 28.7 Å². The summed E-state index contributed by atoms with van der Waals surface area (Å²) < 4.78 is 9.07. The minimum atomic E-state index is -0.174. The minimum absolute atomic E-state index is 0.126. The van der Waals surface area contributed by atoms with Crippen LogP contribution in [0.15, 0.2) is 36.7 Å². The highest BCUT2D eigenvalue weighted by Gasteiger charge is 2.17. The van der Waals surface area contributed by atoms with Crippen LogP contribution in [0.25, 0.3) is 0 Å². The predicted octanol–water partition coefficient (Wildman–Crippen LogP) is 4.02. The van der Waals surface area contributed by atoms with Crippen molar-refractivity contribution in [3.63, 3.8) is 0 Å². The largest absolute Gasteiger partial charge is 0.470 e. The van der Waals surface area contributed by atoms with E-state index in [1.165, 1.54) is 4.68 Å². The number of benzene rings is 1. The molecule has 0 bridgehead atoms. The van der Waals surface area contributed by atoms with E-state index in [-0.39, 0.29) is 12.6 Å². The van der Waals surface area contributed by atoms with Gasteiger partial charge in [-0.15, -0.1) is 0 Å². The molecule has 0 fully saturated rings. The van der Waals surface area contributed by atoms with E-state index < -0.39 is 0 Å². The van der Waals surface area contributed by atoms with Gasteiger partial charge in [0.05, 0.1) is 11.2 Å². The molecule has 0 N–H and O–H groups in total. The first-order valence-electron chi connectivity index (χ1n) is 8.77. The van der Waals surface area contributed by atoms with Gasteiger partial charge in [0.1, 0.15) is 5.75 Å². The second-order valence-electron chi connectivity index (χ2n) is 6.32. The Balaban J connectivity index is 1.62. The van der Waals surface area contributed by atoms with Gasteiger partial charge in [-0.25, -0.2) is 4.68 Å². The monoisotopic (exact) mass is 421 g/mol. The van der Waals surface area contributed by atoms with Crippen molar-refractivity contribution in [1.82, 2.24) is 24.5 Å². The molecule has 0 spiro atoms. The first kappa shape index (κ1) is 20.2. The van der Waals surface area contributed by atoms with E-state index in [2.05, 4.69) is 10.2 Å². The Morgan fingerprint density at radius 1 is 1.29 bits per heavy atom. The number of rotatable bonds is 7. The zero-order chi connectivity index (χ0) is 20.3. The Kier molecular flexibility index (Phi) is 6.26. The summed E-state index contributed by atoms with van der Waals surface area (Å²) >= 11 is 12.0. The van der Waals surface area contributed by atoms with Gasteiger partial charge in [0, 0.05) is 42.6 Å². The molecule has 3 rings (SSSR count). The van der Waals surface area contributed by atoms with Crippen molar-refractivity contribution in [3.05, 3.63) is 63.7 Å². The molecule has 9 heteroatoms. The lowest BCUT2D eigenvalue weighted by Crippen LogP contribution is -2.27. The molecule has 0 aliphatic rings. The second kappa shape index (κ2) is 8.67. The van der Waals surface area contributed by atoms with Crippen LogP contribution in [0, 0.1) is 6.92 Å². The first-order chi connectivity index (χ1) is 13.4. The van der Waals surface area contributed by atoms with Gasteiger partial charge in [0.2, 0.25) is 0 Å². The summed E-state index contributed by atoms with van der Waals surface area (Å²) in [6.45, 7) is 5.42. The first-order valence-corrected chi connectivity index (χ1v) is 9.52. The van der Waals surface area contributed by atoms with Crippen LogP contribution in [0.4, 0.5) is 0 Å². The summed E-state index contributed by atoms with van der Waals surface area (Å²) in [5.74, 6) is 0.321. The third-order valence-corrected chi connectivity index (χ3v) is 4.90. The number of hydrogen-bond acceptors (Lipinski definition) is 4. The van der Waals surface area contributed by atoms with E-state index in [0.717, 1.165) is 17.8 Å². The van der Waals surface area contributed by atoms with E-state index in [9.17, 15) is 4.79 Å². The van der Waals surface area contributed by atoms with Gasteiger partial charge >= 0.3 is 0 Å². The number of halogens is 2. The van der Waals surface area contributed by atoms with Gasteiger partial charge in [-0.2, -0.15) is 10.2 Å².